The van der Waals surface area contributed by atoms with E-state index in [1.54, 1.807) is 11.3 Å². The van der Waals surface area contributed by atoms with Crippen LogP contribution in [0.15, 0.2) is 16.8 Å². The molecule has 1 aromatic heterocycles. The molecule has 0 radical (unpaired) electrons. The Kier molecular flexibility index (Phi) is 5.29. The lowest BCUT2D eigenvalue weighted by Crippen LogP contribution is -2.63. The summed E-state index contributed by atoms with van der Waals surface area (Å²) in [6, 6.07) is 2.60. The number of hydrazine groups is 1. The standard InChI is InChI=1S/C16H27N3OS/c17-18-15(4-3-14-5-12-21-13-14)16(6-1-2-7-16)19-8-10-20-11-9-19/h5,12-13,15,18H,1-4,6-11,17H2. The van der Waals surface area contributed by atoms with Gasteiger partial charge < -0.3 is 4.74 Å². The number of hydrogen-bond acceptors (Lipinski definition) is 5. The van der Waals surface area contributed by atoms with Crippen LogP contribution in [0.2, 0.25) is 0 Å². The first-order valence-electron chi connectivity index (χ1n) is 8.15. The fourth-order valence-corrected chi connectivity index (χ4v) is 4.84. The van der Waals surface area contributed by atoms with Crippen LogP contribution in [0, 0.1) is 0 Å². The second kappa shape index (κ2) is 7.20. The minimum Gasteiger partial charge on any atom is -0.379 e. The number of hydrogen-bond donors (Lipinski definition) is 2. The minimum atomic E-state index is 0.245. The lowest BCUT2D eigenvalue weighted by Gasteiger charge is -2.48. The van der Waals surface area contributed by atoms with Crippen molar-refractivity contribution in [2.24, 2.45) is 5.84 Å². The van der Waals surface area contributed by atoms with E-state index in [2.05, 4.69) is 27.2 Å². The predicted octanol–water partition coefficient (Wildman–Crippen LogP) is 2.16. The summed E-state index contributed by atoms with van der Waals surface area (Å²) < 4.78 is 5.54. The first kappa shape index (κ1) is 15.4. The van der Waals surface area contributed by atoms with Crippen molar-refractivity contribution in [2.75, 3.05) is 26.3 Å². The number of nitrogens with two attached hydrogens (primary N) is 1. The Labute approximate surface area is 131 Å². The summed E-state index contributed by atoms with van der Waals surface area (Å²) in [6.45, 7) is 3.83. The van der Waals surface area contributed by atoms with Gasteiger partial charge in [-0.25, -0.2) is 0 Å². The van der Waals surface area contributed by atoms with Crippen LogP contribution in [-0.2, 0) is 11.2 Å². The summed E-state index contributed by atoms with van der Waals surface area (Å²) in [5.74, 6) is 5.98. The average Bonchev–Trinajstić information content (AvgIpc) is 3.21. The number of nitrogens with one attached hydrogen (secondary N) is 1. The molecule has 0 bridgehead atoms. The summed E-state index contributed by atoms with van der Waals surface area (Å²) in [7, 11) is 0. The normalized spacial score (nSPS) is 24.2. The van der Waals surface area contributed by atoms with Gasteiger partial charge in [0.2, 0.25) is 0 Å². The van der Waals surface area contributed by atoms with E-state index in [1.807, 2.05) is 0 Å². The number of rotatable bonds is 6. The lowest BCUT2D eigenvalue weighted by atomic mass is 9.83. The minimum absolute atomic E-state index is 0.245. The fraction of sp³-hybridized carbons (Fsp3) is 0.750. The van der Waals surface area contributed by atoms with Crippen LogP contribution in [-0.4, -0.2) is 42.8 Å². The third-order valence-corrected chi connectivity index (χ3v) is 5.99. The molecule has 5 heteroatoms. The highest BCUT2D eigenvalue weighted by molar-refractivity contribution is 7.07. The molecular weight excluding hydrogens is 282 g/mol. The summed E-state index contributed by atoms with van der Waals surface area (Å²) in [6.07, 6.45) is 7.42. The molecule has 1 unspecified atom stereocenters. The third-order valence-electron chi connectivity index (χ3n) is 5.26. The topological polar surface area (TPSA) is 50.5 Å². The Hall–Kier alpha value is -0.460. The van der Waals surface area contributed by atoms with E-state index < -0.39 is 0 Å². The molecule has 1 aromatic rings. The van der Waals surface area contributed by atoms with E-state index in [-0.39, 0.29) is 5.54 Å². The van der Waals surface area contributed by atoms with E-state index in [9.17, 15) is 0 Å². The number of thiophene rings is 1. The highest BCUT2D eigenvalue weighted by Crippen LogP contribution is 2.39. The summed E-state index contributed by atoms with van der Waals surface area (Å²) in [5.41, 5.74) is 4.85. The third kappa shape index (κ3) is 3.32. The van der Waals surface area contributed by atoms with Gasteiger partial charge >= 0.3 is 0 Å². The van der Waals surface area contributed by atoms with Crippen LogP contribution in [0.4, 0.5) is 0 Å². The largest absolute Gasteiger partial charge is 0.379 e. The van der Waals surface area contributed by atoms with Gasteiger partial charge in [-0.2, -0.15) is 11.3 Å². The molecule has 3 rings (SSSR count). The molecule has 3 N–H and O–H groups in total. The zero-order valence-corrected chi connectivity index (χ0v) is 13.5. The molecule has 2 aliphatic rings. The van der Waals surface area contributed by atoms with E-state index in [0.717, 1.165) is 39.1 Å². The Balaban J connectivity index is 1.70. The van der Waals surface area contributed by atoms with Crippen LogP contribution in [0.1, 0.15) is 37.7 Å². The van der Waals surface area contributed by atoms with Crippen molar-refractivity contribution in [3.8, 4) is 0 Å². The van der Waals surface area contributed by atoms with E-state index in [4.69, 9.17) is 10.6 Å². The van der Waals surface area contributed by atoms with Gasteiger partial charge in [-0.05, 0) is 48.1 Å². The van der Waals surface area contributed by atoms with Crippen molar-refractivity contribution in [2.45, 2.75) is 50.1 Å². The highest BCUT2D eigenvalue weighted by Gasteiger charge is 2.45. The smallest absolute Gasteiger partial charge is 0.0594 e. The first-order valence-corrected chi connectivity index (χ1v) is 9.09. The first-order chi connectivity index (χ1) is 10.3. The fourth-order valence-electron chi connectivity index (χ4n) is 4.13. The van der Waals surface area contributed by atoms with Gasteiger partial charge in [0.15, 0.2) is 0 Å². The number of nitrogens with zero attached hydrogens (tertiary/aromatic N) is 1. The zero-order valence-electron chi connectivity index (χ0n) is 12.7. The monoisotopic (exact) mass is 309 g/mol. The summed E-state index contributed by atoms with van der Waals surface area (Å²) >= 11 is 1.78. The number of morpholine rings is 1. The van der Waals surface area contributed by atoms with Crippen LogP contribution in [0.5, 0.6) is 0 Å². The van der Waals surface area contributed by atoms with E-state index in [0.29, 0.717) is 6.04 Å². The van der Waals surface area contributed by atoms with Crippen molar-refractivity contribution in [3.05, 3.63) is 22.4 Å². The zero-order chi connectivity index (χ0) is 14.5. The Morgan fingerprint density at radius 1 is 1.33 bits per heavy atom. The highest BCUT2D eigenvalue weighted by atomic mass is 32.1. The van der Waals surface area contributed by atoms with Crippen molar-refractivity contribution in [1.82, 2.24) is 10.3 Å². The summed E-state index contributed by atoms with van der Waals surface area (Å²) in [5, 5.41) is 4.41. The molecule has 1 saturated carbocycles. The van der Waals surface area contributed by atoms with Gasteiger partial charge in [-0.1, -0.05) is 12.8 Å². The molecule has 1 saturated heterocycles. The van der Waals surface area contributed by atoms with Crippen LogP contribution >= 0.6 is 11.3 Å². The SMILES string of the molecule is NNC(CCc1ccsc1)C1(N2CCOCC2)CCCC1. The van der Waals surface area contributed by atoms with Crippen molar-refractivity contribution >= 4 is 11.3 Å². The number of aryl methyl sites for hydroxylation is 1. The van der Waals surface area contributed by atoms with Crippen molar-refractivity contribution in [1.29, 1.82) is 0 Å². The Morgan fingerprint density at radius 3 is 2.71 bits per heavy atom. The lowest BCUT2D eigenvalue weighted by molar-refractivity contribution is -0.0368. The van der Waals surface area contributed by atoms with Crippen molar-refractivity contribution < 1.29 is 4.74 Å². The average molecular weight is 309 g/mol. The van der Waals surface area contributed by atoms with Gasteiger partial charge in [0.05, 0.1) is 13.2 Å². The van der Waals surface area contributed by atoms with Gasteiger partial charge in [-0.3, -0.25) is 16.2 Å². The molecule has 0 spiro atoms. The maximum atomic E-state index is 5.98. The number of ether oxygens (including phenoxy) is 1. The summed E-state index contributed by atoms with van der Waals surface area (Å²) in [4.78, 5) is 2.65. The van der Waals surface area contributed by atoms with Gasteiger partial charge in [0.25, 0.3) is 0 Å². The maximum Gasteiger partial charge on any atom is 0.0594 e. The molecule has 1 atom stereocenters. The van der Waals surface area contributed by atoms with Gasteiger partial charge in [0, 0.05) is 24.7 Å². The van der Waals surface area contributed by atoms with Gasteiger partial charge in [0.1, 0.15) is 0 Å². The quantitative estimate of drug-likeness (QED) is 0.624. The predicted molar refractivity (Wildman–Crippen MR) is 87.3 cm³/mol. The second-order valence-electron chi connectivity index (χ2n) is 6.30. The van der Waals surface area contributed by atoms with Crippen LogP contribution in [0.25, 0.3) is 0 Å². The molecular formula is C16H27N3OS. The molecule has 0 aromatic carbocycles. The van der Waals surface area contributed by atoms with E-state index in [1.165, 1.54) is 31.2 Å². The van der Waals surface area contributed by atoms with Crippen LogP contribution < -0.4 is 11.3 Å². The molecule has 1 aliphatic carbocycles. The molecule has 0 amide bonds. The second-order valence-corrected chi connectivity index (χ2v) is 7.08. The Morgan fingerprint density at radius 2 is 2.10 bits per heavy atom. The van der Waals surface area contributed by atoms with Crippen LogP contribution in [0.3, 0.4) is 0 Å². The van der Waals surface area contributed by atoms with Gasteiger partial charge in [-0.15, -0.1) is 0 Å². The molecule has 2 fully saturated rings. The van der Waals surface area contributed by atoms with Crippen molar-refractivity contribution in [3.63, 3.8) is 0 Å². The maximum absolute atomic E-state index is 5.98. The Bertz CT molecular complexity index is 411. The molecule has 1 aliphatic heterocycles. The molecule has 2 heterocycles. The molecule has 4 nitrogen and oxygen atoms in total. The molecule has 118 valence electrons. The molecule has 21 heavy (non-hydrogen) atoms. The van der Waals surface area contributed by atoms with E-state index >= 15 is 0 Å².